The summed E-state index contributed by atoms with van der Waals surface area (Å²) in [6.07, 6.45) is 6.46. The molecule has 138 valence electrons. The Balaban J connectivity index is 1.65. The Hall–Kier alpha value is -1.75. The molecule has 2 fully saturated rings. The number of hydrogen-bond donors (Lipinski definition) is 1. The standard InChI is InChI=1S/C22H28N2O2/c1-4-16-12-21-17(16)8-10-24(21)14(2)22(26-3)18-7-9-23-20-6-5-15(13-25)11-19(18)20/h4-7,9,11,14,16-17,21-22,25H,1,8,10,12-13H2,2-3H3/t14-,16+,17-,21?,22-/m0/s1. The second kappa shape index (κ2) is 7.10. The summed E-state index contributed by atoms with van der Waals surface area (Å²) >= 11 is 0. The number of nitrogens with zero attached hydrogens (tertiary/aromatic N) is 2. The van der Waals surface area contributed by atoms with Gasteiger partial charge in [0.05, 0.1) is 18.2 Å². The fourth-order valence-corrected chi connectivity index (χ4v) is 5.07. The number of methoxy groups -OCH3 is 1. The number of benzene rings is 1. The number of likely N-dealkylation sites (tertiary alicyclic amines) is 1. The van der Waals surface area contributed by atoms with Crippen LogP contribution in [0.2, 0.25) is 0 Å². The average molecular weight is 352 g/mol. The zero-order valence-corrected chi connectivity index (χ0v) is 15.6. The number of ether oxygens (including phenoxy) is 1. The molecule has 1 unspecified atom stereocenters. The second-order valence-electron chi connectivity index (χ2n) is 7.70. The summed E-state index contributed by atoms with van der Waals surface area (Å²) in [6.45, 7) is 7.44. The highest BCUT2D eigenvalue weighted by atomic mass is 16.5. The van der Waals surface area contributed by atoms with Crippen LogP contribution in [0.4, 0.5) is 0 Å². The zero-order chi connectivity index (χ0) is 18.3. The van der Waals surface area contributed by atoms with Gasteiger partial charge in [-0.1, -0.05) is 12.1 Å². The molecular weight excluding hydrogens is 324 g/mol. The summed E-state index contributed by atoms with van der Waals surface area (Å²) in [4.78, 5) is 7.11. The fraction of sp³-hybridized carbons (Fsp3) is 0.500. The second-order valence-corrected chi connectivity index (χ2v) is 7.70. The van der Waals surface area contributed by atoms with E-state index in [-0.39, 0.29) is 12.7 Å². The first-order valence-electron chi connectivity index (χ1n) is 9.57. The van der Waals surface area contributed by atoms with E-state index in [9.17, 15) is 5.11 Å². The van der Waals surface area contributed by atoms with Gasteiger partial charge in [-0.3, -0.25) is 9.88 Å². The minimum Gasteiger partial charge on any atom is -0.392 e. The van der Waals surface area contributed by atoms with E-state index < -0.39 is 0 Å². The third-order valence-electron chi connectivity index (χ3n) is 6.55. The van der Waals surface area contributed by atoms with Crippen molar-refractivity contribution in [2.45, 2.75) is 44.6 Å². The van der Waals surface area contributed by atoms with Crippen molar-refractivity contribution in [2.75, 3.05) is 13.7 Å². The molecule has 4 heteroatoms. The molecule has 4 rings (SSSR count). The lowest BCUT2D eigenvalue weighted by Crippen LogP contribution is -2.50. The van der Waals surface area contributed by atoms with Crippen LogP contribution in [-0.4, -0.2) is 40.7 Å². The lowest BCUT2D eigenvalue weighted by atomic mass is 9.69. The van der Waals surface area contributed by atoms with Crippen LogP contribution in [0.1, 0.15) is 37.0 Å². The predicted molar refractivity (Wildman–Crippen MR) is 104 cm³/mol. The molecule has 1 saturated carbocycles. The lowest BCUT2D eigenvalue weighted by molar-refractivity contribution is -0.0115. The Kier molecular flexibility index (Phi) is 4.82. The SMILES string of the molecule is C=C[C@@H]1CC2[C@H]1CCN2[C@@H](C)[C@H](OC)c1ccnc2ccc(CO)cc12. The highest BCUT2D eigenvalue weighted by Crippen LogP contribution is 2.48. The van der Waals surface area contributed by atoms with Crippen LogP contribution in [0.15, 0.2) is 43.1 Å². The molecule has 0 spiro atoms. The van der Waals surface area contributed by atoms with Crippen LogP contribution in [0.3, 0.4) is 0 Å². The van der Waals surface area contributed by atoms with Crippen molar-refractivity contribution in [3.63, 3.8) is 0 Å². The monoisotopic (exact) mass is 352 g/mol. The fourth-order valence-electron chi connectivity index (χ4n) is 5.07. The van der Waals surface area contributed by atoms with Gasteiger partial charge in [-0.15, -0.1) is 6.58 Å². The van der Waals surface area contributed by atoms with Crippen molar-refractivity contribution in [2.24, 2.45) is 11.8 Å². The van der Waals surface area contributed by atoms with Gasteiger partial charge >= 0.3 is 0 Å². The molecule has 1 aliphatic heterocycles. The molecule has 0 radical (unpaired) electrons. The van der Waals surface area contributed by atoms with E-state index in [2.05, 4.69) is 35.5 Å². The molecule has 2 aromatic rings. The average Bonchev–Trinajstić information content (AvgIpc) is 2.99. The van der Waals surface area contributed by atoms with Crippen molar-refractivity contribution in [3.05, 3.63) is 54.2 Å². The molecule has 1 aromatic carbocycles. The van der Waals surface area contributed by atoms with Crippen molar-refractivity contribution < 1.29 is 9.84 Å². The van der Waals surface area contributed by atoms with Gasteiger partial charge in [-0.05, 0) is 67.5 Å². The van der Waals surface area contributed by atoms with Gasteiger partial charge in [-0.2, -0.15) is 0 Å². The smallest absolute Gasteiger partial charge is 0.0980 e. The zero-order valence-electron chi connectivity index (χ0n) is 15.6. The first-order chi connectivity index (χ1) is 12.7. The van der Waals surface area contributed by atoms with Crippen LogP contribution in [0.25, 0.3) is 10.9 Å². The number of aliphatic hydroxyl groups excluding tert-OH is 1. The molecule has 1 saturated heterocycles. The number of fused-ring (bicyclic) bond motifs is 2. The molecule has 1 aromatic heterocycles. The lowest BCUT2D eigenvalue weighted by Gasteiger charge is -2.45. The van der Waals surface area contributed by atoms with E-state index in [4.69, 9.17) is 4.74 Å². The quantitative estimate of drug-likeness (QED) is 0.805. The number of aliphatic hydroxyl groups is 1. The Morgan fingerprint density at radius 3 is 3.00 bits per heavy atom. The van der Waals surface area contributed by atoms with Crippen LogP contribution in [0.5, 0.6) is 0 Å². The summed E-state index contributed by atoms with van der Waals surface area (Å²) in [5.74, 6) is 1.45. The Morgan fingerprint density at radius 1 is 1.42 bits per heavy atom. The first-order valence-corrected chi connectivity index (χ1v) is 9.57. The topological polar surface area (TPSA) is 45.6 Å². The molecule has 2 aliphatic rings. The van der Waals surface area contributed by atoms with Crippen molar-refractivity contribution in [1.29, 1.82) is 0 Å². The van der Waals surface area contributed by atoms with Gasteiger partial charge < -0.3 is 9.84 Å². The number of pyridine rings is 1. The first kappa shape index (κ1) is 17.7. The maximum Gasteiger partial charge on any atom is 0.0980 e. The van der Waals surface area contributed by atoms with E-state index in [0.717, 1.165) is 34.5 Å². The van der Waals surface area contributed by atoms with Gasteiger partial charge in [-0.25, -0.2) is 0 Å². The predicted octanol–water partition coefficient (Wildman–Crippen LogP) is 3.70. The molecule has 2 heterocycles. The molecular formula is C22H28N2O2. The molecule has 4 nitrogen and oxygen atoms in total. The Bertz CT molecular complexity index is 806. The van der Waals surface area contributed by atoms with E-state index in [0.29, 0.717) is 18.0 Å². The number of allylic oxidation sites excluding steroid dienone is 1. The summed E-state index contributed by atoms with van der Waals surface area (Å²) in [7, 11) is 1.80. The third kappa shape index (κ3) is 2.77. The molecule has 26 heavy (non-hydrogen) atoms. The summed E-state index contributed by atoms with van der Waals surface area (Å²) in [5, 5.41) is 10.6. The summed E-state index contributed by atoms with van der Waals surface area (Å²) < 4.78 is 6.00. The number of aromatic nitrogens is 1. The largest absolute Gasteiger partial charge is 0.392 e. The van der Waals surface area contributed by atoms with Gasteiger partial charge in [0.1, 0.15) is 0 Å². The van der Waals surface area contributed by atoms with Gasteiger partial charge in [0, 0.05) is 30.8 Å². The Labute approximate surface area is 155 Å². The van der Waals surface area contributed by atoms with Crippen LogP contribution >= 0.6 is 0 Å². The van der Waals surface area contributed by atoms with Gasteiger partial charge in [0.25, 0.3) is 0 Å². The van der Waals surface area contributed by atoms with Gasteiger partial charge in [0.2, 0.25) is 0 Å². The van der Waals surface area contributed by atoms with Crippen molar-refractivity contribution >= 4 is 10.9 Å². The highest BCUT2D eigenvalue weighted by Gasteiger charge is 2.49. The summed E-state index contributed by atoms with van der Waals surface area (Å²) in [5.41, 5.74) is 3.01. The molecule has 1 aliphatic carbocycles. The summed E-state index contributed by atoms with van der Waals surface area (Å²) in [6, 6.07) is 8.97. The molecule has 1 N–H and O–H groups in total. The van der Waals surface area contributed by atoms with E-state index in [1.165, 1.54) is 12.8 Å². The highest BCUT2D eigenvalue weighted by molar-refractivity contribution is 5.83. The third-order valence-corrected chi connectivity index (χ3v) is 6.55. The van der Waals surface area contributed by atoms with E-state index in [1.54, 1.807) is 7.11 Å². The van der Waals surface area contributed by atoms with E-state index in [1.807, 2.05) is 24.4 Å². The maximum absolute atomic E-state index is 9.52. The van der Waals surface area contributed by atoms with E-state index >= 15 is 0 Å². The van der Waals surface area contributed by atoms with Crippen molar-refractivity contribution in [3.8, 4) is 0 Å². The minimum absolute atomic E-state index is 0.0176. The molecule has 0 bridgehead atoms. The number of rotatable bonds is 6. The van der Waals surface area contributed by atoms with Crippen molar-refractivity contribution in [1.82, 2.24) is 9.88 Å². The Morgan fingerprint density at radius 2 is 2.27 bits per heavy atom. The van der Waals surface area contributed by atoms with Gasteiger partial charge in [0.15, 0.2) is 0 Å². The maximum atomic E-state index is 9.52. The van der Waals surface area contributed by atoms with Crippen LogP contribution in [-0.2, 0) is 11.3 Å². The van der Waals surface area contributed by atoms with Crippen LogP contribution < -0.4 is 0 Å². The number of hydrogen-bond acceptors (Lipinski definition) is 4. The molecule has 0 amide bonds. The minimum atomic E-state index is -0.0176. The normalized spacial score (nSPS) is 27.7. The van der Waals surface area contributed by atoms with Crippen LogP contribution in [0, 0.1) is 11.8 Å². The molecule has 5 atom stereocenters.